The van der Waals surface area contributed by atoms with E-state index in [1.165, 1.54) is 19.3 Å². The van der Waals surface area contributed by atoms with Crippen LogP contribution in [-0.4, -0.2) is 25.2 Å². The number of unbranched alkanes of at least 4 members (excludes halogenated alkanes) is 4. The van der Waals surface area contributed by atoms with Gasteiger partial charge in [-0.05, 0) is 38.8 Å². The summed E-state index contributed by atoms with van der Waals surface area (Å²) in [5.74, 6) is 0. The molecule has 0 saturated heterocycles. The van der Waals surface area contributed by atoms with E-state index in [2.05, 4.69) is 0 Å². The highest BCUT2D eigenvalue weighted by Crippen LogP contribution is 2.09. The number of nitrogens with two attached hydrogens (primary N) is 4. The molecular formula is C12H30N4. The van der Waals surface area contributed by atoms with Crippen molar-refractivity contribution >= 4 is 0 Å². The molecule has 98 valence electrons. The summed E-state index contributed by atoms with van der Waals surface area (Å²) in [4.78, 5) is 0. The Balaban J connectivity index is 3.36. The average molecular weight is 230 g/mol. The van der Waals surface area contributed by atoms with Gasteiger partial charge in [-0.3, -0.25) is 0 Å². The summed E-state index contributed by atoms with van der Waals surface area (Å²) in [6.45, 7) is 1.55. The largest absolute Gasteiger partial charge is 0.330 e. The summed E-state index contributed by atoms with van der Waals surface area (Å²) in [7, 11) is 0. The molecule has 2 unspecified atom stereocenters. The van der Waals surface area contributed by atoms with Crippen LogP contribution in [0.1, 0.15) is 51.4 Å². The van der Waals surface area contributed by atoms with Crippen molar-refractivity contribution in [1.29, 1.82) is 0 Å². The lowest BCUT2D eigenvalue weighted by atomic mass is 9.98. The summed E-state index contributed by atoms with van der Waals surface area (Å²) in [6, 6.07) is 0.289. The van der Waals surface area contributed by atoms with E-state index in [1.807, 2.05) is 0 Å². The van der Waals surface area contributed by atoms with Crippen molar-refractivity contribution in [3.05, 3.63) is 0 Å². The molecule has 0 heterocycles. The summed E-state index contributed by atoms with van der Waals surface area (Å²) >= 11 is 0. The van der Waals surface area contributed by atoms with Crippen molar-refractivity contribution in [2.45, 2.75) is 63.5 Å². The first-order valence-corrected chi connectivity index (χ1v) is 6.63. The molecule has 0 saturated carbocycles. The lowest BCUT2D eigenvalue weighted by Crippen LogP contribution is -2.41. The van der Waals surface area contributed by atoms with E-state index in [-0.39, 0.29) is 12.1 Å². The molecule has 8 N–H and O–H groups in total. The Morgan fingerprint density at radius 1 is 0.562 bits per heavy atom. The van der Waals surface area contributed by atoms with Crippen LogP contribution in [-0.2, 0) is 0 Å². The van der Waals surface area contributed by atoms with Gasteiger partial charge in [0, 0.05) is 12.1 Å². The van der Waals surface area contributed by atoms with E-state index in [1.54, 1.807) is 0 Å². The second-order valence-electron chi connectivity index (χ2n) is 4.60. The number of hydrogen-bond acceptors (Lipinski definition) is 4. The van der Waals surface area contributed by atoms with Gasteiger partial charge < -0.3 is 22.9 Å². The van der Waals surface area contributed by atoms with E-state index in [0.29, 0.717) is 0 Å². The van der Waals surface area contributed by atoms with Crippen molar-refractivity contribution in [3.8, 4) is 0 Å². The fourth-order valence-corrected chi connectivity index (χ4v) is 1.83. The van der Waals surface area contributed by atoms with Crippen LogP contribution in [0.3, 0.4) is 0 Å². The molecule has 0 aromatic heterocycles. The highest BCUT2D eigenvalue weighted by Gasteiger charge is 2.11. The Morgan fingerprint density at radius 3 is 1.44 bits per heavy atom. The van der Waals surface area contributed by atoms with E-state index in [0.717, 1.165) is 45.2 Å². The molecular weight excluding hydrogens is 200 g/mol. The Hall–Kier alpha value is -0.160. The van der Waals surface area contributed by atoms with Crippen molar-refractivity contribution in [2.75, 3.05) is 13.1 Å². The molecule has 0 radical (unpaired) electrons. The van der Waals surface area contributed by atoms with Crippen LogP contribution in [0.25, 0.3) is 0 Å². The maximum atomic E-state index is 6.03. The number of rotatable bonds is 11. The van der Waals surface area contributed by atoms with Gasteiger partial charge in [-0.25, -0.2) is 0 Å². The first-order valence-electron chi connectivity index (χ1n) is 6.63. The molecule has 2 atom stereocenters. The molecule has 0 aliphatic heterocycles. The average Bonchev–Trinajstić information content (AvgIpc) is 2.28. The van der Waals surface area contributed by atoms with Gasteiger partial charge in [0.15, 0.2) is 0 Å². The standard InChI is InChI=1S/C12H30N4/c13-9-5-2-1-3-7-11(15)12(16)8-4-6-10-14/h11-12H,1-10,13-16H2. The maximum Gasteiger partial charge on any atom is 0.0192 e. The van der Waals surface area contributed by atoms with Crippen molar-refractivity contribution in [3.63, 3.8) is 0 Å². The predicted octanol–water partition coefficient (Wildman–Crippen LogP) is 0.679. The van der Waals surface area contributed by atoms with Crippen LogP contribution in [0.4, 0.5) is 0 Å². The van der Waals surface area contributed by atoms with Crippen molar-refractivity contribution in [2.24, 2.45) is 22.9 Å². The third kappa shape index (κ3) is 9.09. The maximum absolute atomic E-state index is 6.03. The lowest BCUT2D eigenvalue weighted by Gasteiger charge is -2.19. The van der Waals surface area contributed by atoms with Gasteiger partial charge >= 0.3 is 0 Å². The molecule has 0 aromatic rings. The van der Waals surface area contributed by atoms with E-state index in [9.17, 15) is 0 Å². The Kier molecular flexibility index (Phi) is 11.2. The van der Waals surface area contributed by atoms with E-state index < -0.39 is 0 Å². The van der Waals surface area contributed by atoms with Crippen LogP contribution >= 0.6 is 0 Å². The number of hydrogen-bond donors (Lipinski definition) is 4. The minimum atomic E-state index is 0.140. The summed E-state index contributed by atoms with van der Waals surface area (Å²) < 4.78 is 0. The fraction of sp³-hybridized carbons (Fsp3) is 1.00. The minimum absolute atomic E-state index is 0.140. The van der Waals surface area contributed by atoms with Crippen molar-refractivity contribution < 1.29 is 0 Å². The van der Waals surface area contributed by atoms with Gasteiger partial charge in [0.1, 0.15) is 0 Å². The topological polar surface area (TPSA) is 104 Å². The molecule has 16 heavy (non-hydrogen) atoms. The molecule has 0 aromatic carbocycles. The molecule has 0 aliphatic carbocycles. The smallest absolute Gasteiger partial charge is 0.0192 e. The van der Waals surface area contributed by atoms with Crippen LogP contribution < -0.4 is 22.9 Å². The second kappa shape index (κ2) is 11.3. The molecule has 0 bridgehead atoms. The zero-order chi connectivity index (χ0) is 12.2. The summed E-state index contributed by atoms with van der Waals surface area (Å²) in [6.07, 6.45) is 8.92. The third-order valence-electron chi connectivity index (χ3n) is 3.03. The molecule has 0 rings (SSSR count). The fourth-order valence-electron chi connectivity index (χ4n) is 1.83. The summed E-state index contributed by atoms with van der Waals surface area (Å²) in [5, 5.41) is 0. The quantitative estimate of drug-likeness (QED) is 0.392. The minimum Gasteiger partial charge on any atom is -0.330 e. The normalized spacial score (nSPS) is 15.0. The second-order valence-corrected chi connectivity index (χ2v) is 4.60. The lowest BCUT2D eigenvalue weighted by molar-refractivity contribution is 0.436. The summed E-state index contributed by atoms with van der Waals surface area (Å²) in [5.41, 5.74) is 22.9. The Bertz CT molecular complexity index is 141. The van der Waals surface area contributed by atoms with Gasteiger partial charge in [-0.2, -0.15) is 0 Å². The zero-order valence-corrected chi connectivity index (χ0v) is 10.5. The molecule has 0 amide bonds. The highest BCUT2D eigenvalue weighted by atomic mass is 14.8. The molecule has 0 spiro atoms. The van der Waals surface area contributed by atoms with E-state index in [4.69, 9.17) is 22.9 Å². The Morgan fingerprint density at radius 2 is 0.938 bits per heavy atom. The first kappa shape index (κ1) is 15.8. The Labute approximate surface area is 100 Å². The van der Waals surface area contributed by atoms with Gasteiger partial charge in [0.25, 0.3) is 0 Å². The SMILES string of the molecule is NCCCCCCC(N)C(N)CCCCN. The molecule has 4 nitrogen and oxygen atoms in total. The van der Waals surface area contributed by atoms with Crippen molar-refractivity contribution in [1.82, 2.24) is 0 Å². The van der Waals surface area contributed by atoms with Crippen LogP contribution in [0, 0.1) is 0 Å². The van der Waals surface area contributed by atoms with Gasteiger partial charge in [0.05, 0.1) is 0 Å². The predicted molar refractivity (Wildman–Crippen MR) is 71.0 cm³/mol. The zero-order valence-electron chi connectivity index (χ0n) is 10.5. The van der Waals surface area contributed by atoms with Crippen LogP contribution in [0.2, 0.25) is 0 Å². The molecule has 4 heteroatoms. The van der Waals surface area contributed by atoms with Gasteiger partial charge in [-0.15, -0.1) is 0 Å². The van der Waals surface area contributed by atoms with Crippen LogP contribution in [0.15, 0.2) is 0 Å². The van der Waals surface area contributed by atoms with E-state index >= 15 is 0 Å². The third-order valence-corrected chi connectivity index (χ3v) is 3.03. The van der Waals surface area contributed by atoms with Gasteiger partial charge in [0.2, 0.25) is 0 Å². The highest BCUT2D eigenvalue weighted by molar-refractivity contribution is 4.75. The molecule has 0 fully saturated rings. The molecule has 0 aliphatic rings. The van der Waals surface area contributed by atoms with Gasteiger partial charge in [-0.1, -0.05) is 25.7 Å². The monoisotopic (exact) mass is 230 g/mol. The van der Waals surface area contributed by atoms with Crippen LogP contribution in [0.5, 0.6) is 0 Å². The first-order chi connectivity index (χ1) is 7.72.